The molecule has 0 fully saturated rings. The van der Waals surface area contributed by atoms with E-state index in [-0.39, 0.29) is 6.04 Å². The number of hydrogen-bond acceptors (Lipinski definition) is 4. The summed E-state index contributed by atoms with van der Waals surface area (Å²) in [6.07, 6.45) is 4.31. The largest absolute Gasteiger partial charge is 0.311 e. The van der Waals surface area contributed by atoms with E-state index in [0.29, 0.717) is 0 Å². The molecule has 16 heavy (non-hydrogen) atoms. The van der Waals surface area contributed by atoms with E-state index < -0.39 is 0 Å². The summed E-state index contributed by atoms with van der Waals surface area (Å²) in [5.41, 5.74) is 1.03. The molecule has 2 heterocycles. The van der Waals surface area contributed by atoms with Gasteiger partial charge in [0, 0.05) is 17.5 Å². The highest BCUT2D eigenvalue weighted by Crippen LogP contribution is 2.26. The van der Waals surface area contributed by atoms with Crippen LogP contribution < -0.4 is 5.32 Å². The highest BCUT2D eigenvalue weighted by molar-refractivity contribution is 9.11. The van der Waals surface area contributed by atoms with Crippen molar-refractivity contribution >= 4 is 27.3 Å². The van der Waals surface area contributed by atoms with Gasteiger partial charge in [0.2, 0.25) is 0 Å². The Morgan fingerprint density at radius 1 is 1.44 bits per heavy atom. The van der Waals surface area contributed by atoms with Gasteiger partial charge < -0.3 is 5.32 Å². The predicted octanol–water partition coefficient (Wildman–Crippen LogP) is 2.80. The molecule has 0 aliphatic rings. The number of thiophene rings is 1. The standard InChI is InChI=1S/C11H12BrN3S/c1-13-10(9-4-5-14-7-15-9)6-8-2-3-11(12)16-8/h2-5,7,10,13H,6H2,1H3. The van der Waals surface area contributed by atoms with Crippen LogP contribution in [0.3, 0.4) is 0 Å². The summed E-state index contributed by atoms with van der Waals surface area (Å²) < 4.78 is 1.17. The van der Waals surface area contributed by atoms with Gasteiger partial charge in [0.1, 0.15) is 6.33 Å². The van der Waals surface area contributed by atoms with Gasteiger partial charge in [-0.2, -0.15) is 0 Å². The molecule has 0 bridgehead atoms. The van der Waals surface area contributed by atoms with Crippen molar-refractivity contribution in [2.75, 3.05) is 7.05 Å². The molecule has 5 heteroatoms. The summed E-state index contributed by atoms with van der Waals surface area (Å²) in [6, 6.07) is 6.41. The Balaban J connectivity index is 2.12. The zero-order valence-corrected chi connectivity index (χ0v) is 11.3. The molecule has 1 atom stereocenters. The van der Waals surface area contributed by atoms with Crippen LogP contribution in [0.5, 0.6) is 0 Å². The molecule has 2 rings (SSSR count). The van der Waals surface area contributed by atoms with Crippen LogP contribution in [0.2, 0.25) is 0 Å². The third kappa shape index (κ3) is 2.87. The van der Waals surface area contributed by atoms with E-state index in [1.165, 1.54) is 8.66 Å². The van der Waals surface area contributed by atoms with E-state index in [4.69, 9.17) is 0 Å². The molecule has 0 spiro atoms. The lowest BCUT2D eigenvalue weighted by molar-refractivity contribution is 0.578. The summed E-state index contributed by atoms with van der Waals surface area (Å²) in [6.45, 7) is 0. The maximum absolute atomic E-state index is 4.27. The van der Waals surface area contributed by atoms with Crippen LogP contribution in [0.25, 0.3) is 0 Å². The third-order valence-electron chi connectivity index (χ3n) is 2.34. The minimum atomic E-state index is 0.244. The molecule has 0 aliphatic carbocycles. The quantitative estimate of drug-likeness (QED) is 0.943. The van der Waals surface area contributed by atoms with Crippen LogP contribution in [0.15, 0.2) is 34.5 Å². The molecule has 2 aromatic heterocycles. The fourth-order valence-electron chi connectivity index (χ4n) is 1.52. The highest BCUT2D eigenvalue weighted by Gasteiger charge is 2.12. The van der Waals surface area contributed by atoms with Crippen molar-refractivity contribution in [1.82, 2.24) is 15.3 Å². The second-order valence-electron chi connectivity index (χ2n) is 3.39. The van der Waals surface area contributed by atoms with Gasteiger partial charge >= 0.3 is 0 Å². The summed E-state index contributed by atoms with van der Waals surface area (Å²) >= 11 is 5.23. The van der Waals surface area contributed by atoms with Gasteiger partial charge in [-0.1, -0.05) is 0 Å². The molecule has 84 valence electrons. The van der Waals surface area contributed by atoms with E-state index in [0.717, 1.165) is 12.1 Å². The maximum atomic E-state index is 4.27. The lowest BCUT2D eigenvalue weighted by Gasteiger charge is -2.13. The van der Waals surface area contributed by atoms with Crippen molar-refractivity contribution < 1.29 is 0 Å². The summed E-state index contributed by atoms with van der Waals surface area (Å²) in [5.74, 6) is 0. The number of nitrogens with one attached hydrogen (secondary N) is 1. The van der Waals surface area contributed by atoms with Crippen molar-refractivity contribution in [2.24, 2.45) is 0 Å². The van der Waals surface area contributed by atoms with Crippen LogP contribution in [0.1, 0.15) is 16.6 Å². The van der Waals surface area contributed by atoms with Crippen molar-refractivity contribution in [3.8, 4) is 0 Å². The average Bonchev–Trinajstić information content (AvgIpc) is 2.73. The van der Waals surface area contributed by atoms with E-state index in [9.17, 15) is 0 Å². The van der Waals surface area contributed by atoms with Crippen molar-refractivity contribution in [3.63, 3.8) is 0 Å². The first kappa shape index (κ1) is 11.7. The number of aromatic nitrogens is 2. The van der Waals surface area contributed by atoms with Crippen LogP contribution in [0.4, 0.5) is 0 Å². The second kappa shape index (κ2) is 5.52. The zero-order chi connectivity index (χ0) is 11.4. The van der Waals surface area contributed by atoms with Gasteiger partial charge in [0.15, 0.2) is 0 Å². The van der Waals surface area contributed by atoms with Crippen molar-refractivity contribution in [2.45, 2.75) is 12.5 Å². The maximum Gasteiger partial charge on any atom is 0.115 e. The molecule has 0 aliphatic heterocycles. The van der Waals surface area contributed by atoms with E-state index in [2.05, 4.69) is 43.3 Å². The lowest BCUT2D eigenvalue weighted by atomic mass is 10.1. The number of halogens is 1. The Morgan fingerprint density at radius 2 is 2.31 bits per heavy atom. The van der Waals surface area contributed by atoms with Crippen LogP contribution in [-0.4, -0.2) is 17.0 Å². The van der Waals surface area contributed by atoms with Gasteiger partial charge in [-0.25, -0.2) is 9.97 Å². The number of hydrogen-bond donors (Lipinski definition) is 1. The molecule has 0 radical (unpaired) electrons. The molecular weight excluding hydrogens is 286 g/mol. The molecular formula is C11H12BrN3S. The molecule has 3 nitrogen and oxygen atoms in total. The number of rotatable bonds is 4. The third-order valence-corrected chi connectivity index (χ3v) is 3.99. The fourth-order valence-corrected chi connectivity index (χ4v) is 3.05. The first-order valence-corrected chi connectivity index (χ1v) is 6.58. The Labute approximate surface area is 107 Å². The minimum Gasteiger partial charge on any atom is -0.311 e. The second-order valence-corrected chi connectivity index (χ2v) is 5.93. The highest BCUT2D eigenvalue weighted by atomic mass is 79.9. The molecule has 2 aromatic rings. The van der Waals surface area contributed by atoms with Crippen molar-refractivity contribution in [1.29, 1.82) is 0 Å². The van der Waals surface area contributed by atoms with Crippen molar-refractivity contribution in [3.05, 3.63) is 45.1 Å². The SMILES string of the molecule is CNC(Cc1ccc(Br)s1)c1ccncn1. The topological polar surface area (TPSA) is 37.8 Å². The summed E-state index contributed by atoms with van der Waals surface area (Å²) in [7, 11) is 1.95. The number of likely N-dealkylation sites (N-methyl/N-ethyl adjacent to an activating group) is 1. The number of nitrogens with zero attached hydrogens (tertiary/aromatic N) is 2. The van der Waals surface area contributed by atoms with Gasteiger partial charge in [0.05, 0.1) is 15.5 Å². The molecule has 0 saturated carbocycles. The molecule has 1 unspecified atom stereocenters. The molecule has 1 N–H and O–H groups in total. The Morgan fingerprint density at radius 3 is 2.88 bits per heavy atom. The average molecular weight is 298 g/mol. The Hall–Kier alpha value is -0.780. The van der Waals surface area contributed by atoms with Gasteiger partial charge in [-0.3, -0.25) is 0 Å². The van der Waals surface area contributed by atoms with Crippen LogP contribution >= 0.6 is 27.3 Å². The fraction of sp³-hybridized carbons (Fsp3) is 0.273. The van der Waals surface area contributed by atoms with Gasteiger partial charge in [-0.15, -0.1) is 11.3 Å². The predicted molar refractivity (Wildman–Crippen MR) is 69.6 cm³/mol. The smallest absolute Gasteiger partial charge is 0.115 e. The normalized spacial score (nSPS) is 12.6. The molecule has 0 amide bonds. The monoisotopic (exact) mass is 297 g/mol. The first-order chi connectivity index (χ1) is 7.79. The Bertz CT molecular complexity index is 444. The van der Waals surface area contributed by atoms with E-state index in [1.807, 2.05) is 13.1 Å². The summed E-state index contributed by atoms with van der Waals surface area (Å²) in [4.78, 5) is 9.54. The Kier molecular flexibility index (Phi) is 4.04. The van der Waals surface area contributed by atoms with E-state index in [1.54, 1.807) is 23.9 Å². The van der Waals surface area contributed by atoms with E-state index >= 15 is 0 Å². The van der Waals surface area contributed by atoms with Gasteiger partial charge in [-0.05, 0) is 41.2 Å². The van der Waals surface area contributed by atoms with Gasteiger partial charge in [0.25, 0.3) is 0 Å². The minimum absolute atomic E-state index is 0.244. The molecule has 0 aromatic carbocycles. The van der Waals surface area contributed by atoms with Crippen LogP contribution in [-0.2, 0) is 6.42 Å². The van der Waals surface area contributed by atoms with Crippen LogP contribution in [0, 0.1) is 0 Å². The molecule has 0 saturated heterocycles. The summed E-state index contributed by atoms with van der Waals surface area (Å²) in [5, 5.41) is 3.28. The lowest BCUT2D eigenvalue weighted by Crippen LogP contribution is -2.19. The first-order valence-electron chi connectivity index (χ1n) is 4.97. The zero-order valence-electron chi connectivity index (χ0n) is 8.85.